The van der Waals surface area contributed by atoms with Crippen LogP contribution in [0.3, 0.4) is 0 Å². The summed E-state index contributed by atoms with van der Waals surface area (Å²) in [4.78, 5) is 0. The number of nitrogens with two attached hydrogens (primary N) is 2. The van der Waals surface area contributed by atoms with Crippen LogP contribution in [-0.4, -0.2) is 30.5 Å². The van der Waals surface area contributed by atoms with Crippen molar-refractivity contribution in [3.05, 3.63) is 0 Å². The summed E-state index contributed by atoms with van der Waals surface area (Å²) in [5.41, 5.74) is 10.6. The van der Waals surface area contributed by atoms with Crippen LogP contribution in [0, 0.1) is 0 Å². The van der Waals surface area contributed by atoms with Crippen LogP contribution >= 0.6 is 0 Å². The minimum Gasteiger partial charge on any atom is -0.330 e. The molecule has 0 bridgehead atoms. The summed E-state index contributed by atoms with van der Waals surface area (Å²) >= 11 is 4.66. The molecule has 92 valence electrons. The van der Waals surface area contributed by atoms with Crippen molar-refractivity contribution in [3.63, 3.8) is 0 Å². The van der Waals surface area contributed by atoms with E-state index in [-0.39, 0.29) is 0 Å². The van der Waals surface area contributed by atoms with Gasteiger partial charge in [0.05, 0.1) is 13.2 Å². The Bertz CT molecular complexity index is 214. The van der Waals surface area contributed by atoms with Crippen LogP contribution in [0.2, 0.25) is 0 Å². The monoisotopic (exact) mass is 256 g/mol. The highest BCUT2D eigenvalue weighted by Crippen LogP contribution is 2.01. The second kappa shape index (κ2) is 9.44. The van der Waals surface area contributed by atoms with Crippen LogP contribution in [0.15, 0.2) is 0 Å². The van der Waals surface area contributed by atoms with Gasteiger partial charge in [-0.15, -0.1) is 0 Å². The summed E-state index contributed by atoms with van der Waals surface area (Å²) in [7, 11) is -2.99. The average Bonchev–Trinajstić information content (AvgIpc) is 2.20. The SMILES string of the molecule is NCCCCOS(=O)(=S)OCCCCN. The highest BCUT2D eigenvalue weighted by Gasteiger charge is 2.06. The normalized spacial score (nSPS) is 11.9. The molecule has 15 heavy (non-hydrogen) atoms. The van der Waals surface area contributed by atoms with Crippen LogP contribution < -0.4 is 11.5 Å². The minimum absolute atomic E-state index is 0.330. The molecule has 0 aliphatic carbocycles. The molecule has 0 aromatic carbocycles. The van der Waals surface area contributed by atoms with Crippen LogP contribution in [0.25, 0.3) is 0 Å². The van der Waals surface area contributed by atoms with Gasteiger partial charge in [-0.3, -0.25) is 8.37 Å². The Morgan fingerprint density at radius 2 is 1.33 bits per heavy atom. The Morgan fingerprint density at radius 3 is 1.67 bits per heavy atom. The molecule has 0 saturated heterocycles. The maximum atomic E-state index is 11.4. The van der Waals surface area contributed by atoms with Crippen LogP contribution in [-0.2, 0) is 28.6 Å². The van der Waals surface area contributed by atoms with Crippen molar-refractivity contribution in [1.82, 2.24) is 0 Å². The lowest BCUT2D eigenvalue weighted by atomic mass is 10.3. The molecule has 0 rings (SSSR count). The summed E-state index contributed by atoms with van der Waals surface area (Å²) in [6.07, 6.45) is 3.16. The first-order valence-corrected chi connectivity index (χ1v) is 7.39. The van der Waals surface area contributed by atoms with Gasteiger partial charge in [-0.05, 0) is 38.8 Å². The largest absolute Gasteiger partial charge is 0.330 e. The van der Waals surface area contributed by atoms with Gasteiger partial charge >= 0.3 is 0 Å². The molecule has 0 fully saturated rings. The Morgan fingerprint density at radius 1 is 0.933 bits per heavy atom. The van der Waals surface area contributed by atoms with Crippen molar-refractivity contribution in [3.8, 4) is 0 Å². The Hall–Kier alpha value is 0.210. The minimum atomic E-state index is -2.99. The van der Waals surface area contributed by atoms with Crippen molar-refractivity contribution in [2.45, 2.75) is 25.7 Å². The van der Waals surface area contributed by atoms with Crippen molar-refractivity contribution in [2.75, 3.05) is 26.3 Å². The lowest BCUT2D eigenvalue weighted by Crippen LogP contribution is -2.12. The summed E-state index contributed by atoms with van der Waals surface area (Å²) in [6.45, 7) is 1.85. The van der Waals surface area contributed by atoms with E-state index in [2.05, 4.69) is 11.2 Å². The second-order valence-electron chi connectivity index (χ2n) is 3.04. The molecule has 7 heteroatoms. The van der Waals surface area contributed by atoms with E-state index in [4.69, 9.17) is 19.8 Å². The maximum absolute atomic E-state index is 11.4. The van der Waals surface area contributed by atoms with Gasteiger partial charge in [0.25, 0.3) is 9.05 Å². The van der Waals surface area contributed by atoms with Gasteiger partial charge in [0.15, 0.2) is 0 Å². The van der Waals surface area contributed by atoms with E-state index in [0.717, 1.165) is 25.7 Å². The molecule has 0 unspecified atom stereocenters. The van der Waals surface area contributed by atoms with E-state index in [1.165, 1.54) is 0 Å². The lowest BCUT2D eigenvalue weighted by Gasteiger charge is -2.08. The van der Waals surface area contributed by atoms with Gasteiger partial charge in [0, 0.05) is 11.2 Å². The van der Waals surface area contributed by atoms with Crippen LogP contribution in [0.4, 0.5) is 0 Å². The zero-order valence-electron chi connectivity index (χ0n) is 8.85. The van der Waals surface area contributed by atoms with Crippen molar-refractivity contribution < 1.29 is 12.6 Å². The van der Waals surface area contributed by atoms with Gasteiger partial charge in [-0.1, -0.05) is 0 Å². The standard InChI is InChI=1S/C8H20N2O3S2/c9-5-1-3-7-12-15(11,14)13-8-4-2-6-10/h1-10H2. The van der Waals surface area contributed by atoms with Crippen molar-refractivity contribution in [2.24, 2.45) is 11.5 Å². The molecular formula is C8H20N2O3S2. The molecule has 0 spiro atoms. The van der Waals surface area contributed by atoms with E-state index < -0.39 is 9.05 Å². The van der Waals surface area contributed by atoms with Crippen LogP contribution in [0.5, 0.6) is 0 Å². The van der Waals surface area contributed by atoms with E-state index in [0.29, 0.717) is 26.3 Å². The van der Waals surface area contributed by atoms with Gasteiger partial charge in [0.1, 0.15) is 0 Å². The third-order valence-electron chi connectivity index (χ3n) is 1.65. The van der Waals surface area contributed by atoms with E-state index in [1.54, 1.807) is 0 Å². The second-order valence-corrected chi connectivity index (χ2v) is 5.56. The summed E-state index contributed by atoms with van der Waals surface area (Å²) in [6, 6.07) is 0. The molecule has 0 saturated carbocycles. The fourth-order valence-electron chi connectivity index (χ4n) is 0.849. The first-order chi connectivity index (χ1) is 7.12. The number of rotatable bonds is 10. The first kappa shape index (κ1) is 15.2. The van der Waals surface area contributed by atoms with E-state index in [9.17, 15) is 4.21 Å². The molecule has 0 amide bonds. The van der Waals surface area contributed by atoms with E-state index >= 15 is 0 Å². The molecule has 0 radical (unpaired) electrons. The predicted octanol–water partition coefficient (Wildman–Crippen LogP) is 0.0737. The molecule has 0 aliphatic rings. The fraction of sp³-hybridized carbons (Fsp3) is 1.00. The highest BCUT2D eigenvalue weighted by molar-refractivity contribution is 8.27. The van der Waals surface area contributed by atoms with Gasteiger partial charge < -0.3 is 11.5 Å². The molecule has 0 aromatic rings. The third-order valence-corrected chi connectivity index (χ3v) is 3.14. The molecular weight excluding hydrogens is 236 g/mol. The van der Waals surface area contributed by atoms with Gasteiger partial charge in [-0.25, -0.2) is 0 Å². The highest BCUT2D eigenvalue weighted by atomic mass is 32.9. The Labute approximate surface area is 96.6 Å². The Kier molecular flexibility index (Phi) is 9.57. The topological polar surface area (TPSA) is 87.6 Å². The summed E-state index contributed by atoms with van der Waals surface area (Å²) in [5, 5.41) is 0. The Balaban J connectivity index is 3.50. The molecule has 0 atom stereocenters. The molecule has 5 nitrogen and oxygen atoms in total. The van der Waals surface area contributed by atoms with Crippen molar-refractivity contribution >= 4 is 20.2 Å². The summed E-state index contributed by atoms with van der Waals surface area (Å²) in [5.74, 6) is 0. The molecule has 0 heterocycles. The van der Waals surface area contributed by atoms with Gasteiger partial charge in [-0.2, -0.15) is 4.21 Å². The van der Waals surface area contributed by atoms with Crippen LogP contribution in [0.1, 0.15) is 25.7 Å². The average molecular weight is 256 g/mol. The first-order valence-electron chi connectivity index (χ1n) is 5.06. The number of hydrogen-bond acceptors (Lipinski definition) is 6. The molecule has 4 N–H and O–H groups in total. The third kappa shape index (κ3) is 10.5. The van der Waals surface area contributed by atoms with Crippen molar-refractivity contribution in [1.29, 1.82) is 0 Å². The lowest BCUT2D eigenvalue weighted by molar-refractivity contribution is 0.240. The number of unbranched alkanes of at least 4 members (excludes halogenated alkanes) is 2. The number of hydrogen-bond donors (Lipinski definition) is 2. The smallest absolute Gasteiger partial charge is 0.269 e. The zero-order valence-corrected chi connectivity index (χ0v) is 10.5. The summed E-state index contributed by atoms with van der Waals surface area (Å²) < 4.78 is 21.3. The fourth-order valence-corrected chi connectivity index (χ4v) is 1.97. The zero-order chi connectivity index (χ0) is 11.6. The molecule has 0 aliphatic heterocycles. The predicted molar refractivity (Wildman–Crippen MR) is 64.0 cm³/mol. The van der Waals surface area contributed by atoms with Gasteiger partial charge in [0.2, 0.25) is 0 Å². The quantitative estimate of drug-likeness (QED) is 0.538. The van der Waals surface area contributed by atoms with E-state index in [1.807, 2.05) is 0 Å². The molecule has 0 aromatic heterocycles. The maximum Gasteiger partial charge on any atom is 0.269 e.